The second kappa shape index (κ2) is 4.25. The molecule has 2 aliphatic heterocycles. The quantitative estimate of drug-likeness (QED) is 0.723. The lowest BCUT2D eigenvalue weighted by Crippen LogP contribution is -2.51. The summed E-state index contributed by atoms with van der Waals surface area (Å²) in [6, 6.07) is 0. The monoisotopic (exact) mass is 238 g/mol. The average molecular weight is 238 g/mol. The SMILES string of the molecule is O=C(C1CNC1)N1C[C@H](CO)C2(CCCC2)C1. The lowest BCUT2D eigenvalue weighted by Gasteiger charge is -2.31. The molecule has 96 valence electrons. The number of aliphatic hydroxyl groups excluding tert-OH is 1. The van der Waals surface area contributed by atoms with E-state index >= 15 is 0 Å². The predicted octanol–water partition coefficient (Wildman–Crippen LogP) is 0.217. The Hall–Kier alpha value is -0.610. The van der Waals surface area contributed by atoms with Crippen LogP contribution in [-0.2, 0) is 4.79 Å². The van der Waals surface area contributed by atoms with Gasteiger partial charge in [-0.1, -0.05) is 12.8 Å². The molecule has 0 radical (unpaired) electrons. The number of carbonyl (C=O) groups excluding carboxylic acids is 1. The summed E-state index contributed by atoms with van der Waals surface area (Å²) in [5.74, 6) is 0.832. The van der Waals surface area contributed by atoms with Crippen LogP contribution >= 0.6 is 0 Å². The maximum Gasteiger partial charge on any atom is 0.228 e. The third-order valence-corrected chi connectivity index (χ3v) is 5.07. The molecule has 3 rings (SSSR count). The van der Waals surface area contributed by atoms with Gasteiger partial charge >= 0.3 is 0 Å². The number of carbonyl (C=O) groups is 1. The summed E-state index contributed by atoms with van der Waals surface area (Å²) in [6.07, 6.45) is 4.93. The number of likely N-dealkylation sites (tertiary alicyclic amines) is 1. The molecule has 2 heterocycles. The minimum absolute atomic E-state index is 0.200. The van der Waals surface area contributed by atoms with Crippen molar-refractivity contribution in [2.75, 3.05) is 32.8 Å². The van der Waals surface area contributed by atoms with Crippen molar-refractivity contribution in [2.24, 2.45) is 17.3 Å². The van der Waals surface area contributed by atoms with E-state index in [1.54, 1.807) is 0 Å². The van der Waals surface area contributed by atoms with Crippen LogP contribution in [0.4, 0.5) is 0 Å². The molecule has 1 amide bonds. The molecule has 3 fully saturated rings. The zero-order valence-electron chi connectivity index (χ0n) is 10.3. The zero-order valence-corrected chi connectivity index (χ0v) is 10.3. The van der Waals surface area contributed by atoms with Gasteiger partial charge < -0.3 is 15.3 Å². The Bertz CT molecular complexity index is 309. The zero-order chi connectivity index (χ0) is 11.9. The van der Waals surface area contributed by atoms with Crippen LogP contribution in [0.3, 0.4) is 0 Å². The first-order valence-electron chi connectivity index (χ1n) is 6.85. The highest BCUT2D eigenvalue weighted by Crippen LogP contribution is 2.49. The van der Waals surface area contributed by atoms with Crippen LogP contribution in [0.15, 0.2) is 0 Å². The molecule has 1 spiro atoms. The van der Waals surface area contributed by atoms with Crippen LogP contribution in [0, 0.1) is 17.3 Å². The fourth-order valence-electron chi connectivity index (χ4n) is 3.82. The first kappa shape index (κ1) is 11.5. The van der Waals surface area contributed by atoms with Gasteiger partial charge in [0.2, 0.25) is 5.91 Å². The highest BCUT2D eigenvalue weighted by Gasteiger charge is 2.49. The van der Waals surface area contributed by atoms with Crippen molar-refractivity contribution in [2.45, 2.75) is 25.7 Å². The Morgan fingerprint density at radius 3 is 2.59 bits per heavy atom. The van der Waals surface area contributed by atoms with Crippen LogP contribution in [-0.4, -0.2) is 48.7 Å². The summed E-state index contributed by atoms with van der Waals surface area (Å²) < 4.78 is 0. The third kappa shape index (κ3) is 1.78. The van der Waals surface area contributed by atoms with Crippen molar-refractivity contribution >= 4 is 5.91 Å². The Labute approximate surface area is 102 Å². The van der Waals surface area contributed by atoms with Crippen LogP contribution in [0.25, 0.3) is 0 Å². The molecule has 0 unspecified atom stereocenters. The Morgan fingerprint density at radius 1 is 1.35 bits per heavy atom. The van der Waals surface area contributed by atoms with Gasteiger partial charge in [-0.2, -0.15) is 0 Å². The third-order valence-electron chi connectivity index (χ3n) is 5.07. The smallest absolute Gasteiger partial charge is 0.228 e. The summed E-state index contributed by atoms with van der Waals surface area (Å²) in [5, 5.41) is 12.7. The molecule has 0 aromatic carbocycles. The van der Waals surface area contributed by atoms with Gasteiger partial charge in [0, 0.05) is 38.7 Å². The van der Waals surface area contributed by atoms with Crippen molar-refractivity contribution in [3.63, 3.8) is 0 Å². The molecule has 4 heteroatoms. The van der Waals surface area contributed by atoms with Crippen molar-refractivity contribution < 1.29 is 9.90 Å². The molecule has 1 atom stereocenters. The topological polar surface area (TPSA) is 52.6 Å². The van der Waals surface area contributed by atoms with Gasteiger partial charge in [0.05, 0.1) is 5.92 Å². The highest BCUT2D eigenvalue weighted by molar-refractivity contribution is 5.80. The maximum absolute atomic E-state index is 12.2. The number of nitrogens with one attached hydrogen (secondary N) is 1. The predicted molar refractivity (Wildman–Crippen MR) is 64.4 cm³/mol. The second-order valence-corrected chi connectivity index (χ2v) is 6.02. The summed E-state index contributed by atoms with van der Waals surface area (Å²) in [6.45, 7) is 3.60. The van der Waals surface area contributed by atoms with Gasteiger partial charge in [0.1, 0.15) is 0 Å². The summed E-state index contributed by atoms with van der Waals surface area (Å²) in [7, 11) is 0. The van der Waals surface area contributed by atoms with E-state index in [2.05, 4.69) is 5.32 Å². The number of hydrogen-bond acceptors (Lipinski definition) is 3. The largest absolute Gasteiger partial charge is 0.396 e. The molecule has 0 bridgehead atoms. The molecule has 2 saturated heterocycles. The van der Waals surface area contributed by atoms with Gasteiger partial charge in [0.15, 0.2) is 0 Å². The van der Waals surface area contributed by atoms with E-state index in [1.807, 2.05) is 4.90 Å². The van der Waals surface area contributed by atoms with Crippen molar-refractivity contribution in [1.29, 1.82) is 0 Å². The number of amides is 1. The van der Waals surface area contributed by atoms with E-state index in [4.69, 9.17) is 0 Å². The van der Waals surface area contributed by atoms with Gasteiger partial charge in [0.25, 0.3) is 0 Å². The number of rotatable bonds is 2. The van der Waals surface area contributed by atoms with E-state index in [1.165, 1.54) is 25.7 Å². The van der Waals surface area contributed by atoms with Gasteiger partial charge in [-0.15, -0.1) is 0 Å². The number of nitrogens with zero attached hydrogens (tertiary/aromatic N) is 1. The van der Waals surface area contributed by atoms with E-state index in [0.717, 1.165) is 26.2 Å². The average Bonchev–Trinajstić information content (AvgIpc) is 2.84. The fraction of sp³-hybridized carbons (Fsp3) is 0.923. The molecule has 17 heavy (non-hydrogen) atoms. The first-order chi connectivity index (χ1) is 8.25. The fourth-order valence-corrected chi connectivity index (χ4v) is 3.82. The van der Waals surface area contributed by atoms with Crippen LogP contribution in [0.1, 0.15) is 25.7 Å². The second-order valence-electron chi connectivity index (χ2n) is 6.02. The Morgan fingerprint density at radius 2 is 2.06 bits per heavy atom. The van der Waals surface area contributed by atoms with Crippen LogP contribution < -0.4 is 5.32 Å². The minimum atomic E-state index is 0.200. The molecular formula is C13H22N2O2. The van der Waals surface area contributed by atoms with Crippen molar-refractivity contribution in [3.05, 3.63) is 0 Å². The number of aliphatic hydroxyl groups is 1. The molecule has 0 aromatic heterocycles. The lowest BCUT2D eigenvalue weighted by molar-refractivity contribution is -0.136. The lowest BCUT2D eigenvalue weighted by atomic mass is 9.77. The molecule has 1 saturated carbocycles. The first-order valence-corrected chi connectivity index (χ1v) is 6.85. The highest BCUT2D eigenvalue weighted by atomic mass is 16.3. The van der Waals surface area contributed by atoms with Crippen LogP contribution in [0.2, 0.25) is 0 Å². The van der Waals surface area contributed by atoms with Gasteiger partial charge in [-0.25, -0.2) is 0 Å². The van der Waals surface area contributed by atoms with Crippen molar-refractivity contribution in [1.82, 2.24) is 10.2 Å². The van der Waals surface area contributed by atoms with E-state index in [0.29, 0.717) is 11.8 Å². The molecule has 0 aromatic rings. The maximum atomic E-state index is 12.2. The Kier molecular flexibility index (Phi) is 2.87. The molecule has 3 aliphatic rings. The molecular weight excluding hydrogens is 216 g/mol. The summed E-state index contributed by atoms with van der Waals surface area (Å²) >= 11 is 0. The number of hydrogen-bond donors (Lipinski definition) is 2. The van der Waals surface area contributed by atoms with Gasteiger partial charge in [-0.05, 0) is 18.3 Å². The van der Waals surface area contributed by atoms with E-state index in [-0.39, 0.29) is 17.9 Å². The normalized spacial score (nSPS) is 32.1. The van der Waals surface area contributed by atoms with E-state index in [9.17, 15) is 9.90 Å². The van der Waals surface area contributed by atoms with Gasteiger partial charge in [-0.3, -0.25) is 4.79 Å². The Balaban J connectivity index is 1.70. The van der Waals surface area contributed by atoms with Crippen LogP contribution in [0.5, 0.6) is 0 Å². The minimum Gasteiger partial charge on any atom is -0.396 e. The standard InChI is InChI=1S/C13H22N2O2/c16-8-11-7-15(12(17)10-5-14-6-10)9-13(11)3-1-2-4-13/h10-11,14,16H,1-9H2/t11-/m1/s1. The summed E-state index contributed by atoms with van der Waals surface area (Å²) in [4.78, 5) is 14.3. The molecule has 4 nitrogen and oxygen atoms in total. The summed E-state index contributed by atoms with van der Waals surface area (Å²) in [5.41, 5.74) is 0.252. The molecule has 2 N–H and O–H groups in total. The van der Waals surface area contributed by atoms with E-state index < -0.39 is 0 Å². The van der Waals surface area contributed by atoms with Crippen molar-refractivity contribution in [3.8, 4) is 0 Å². The molecule has 1 aliphatic carbocycles.